The quantitative estimate of drug-likeness (QED) is 0.554. The molecule has 3 aromatic carbocycles. The number of likely N-dealkylation sites (tertiary alicyclic amines) is 2. The zero-order valence-electron chi connectivity index (χ0n) is 20.3. The second-order valence-corrected chi connectivity index (χ2v) is 9.85. The van der Waals surface area contributed by atoms with E-state index in [1.807, 2.05) is 65.6 Å². The van der Waals surface area contributed by atoms with Gasteiger partial charge in [-0.25, -0.2) is 0 Å². The summed E-state index contributed by atoms with van der Waals surface area (Å²) in [6, 6.07) is 30.3. The van der Waals surface area contributed by atoms with Crippen LogP contribution in [0.5, 0.6) is 0 Å². The number of hydrogen-bond donors (Lipinski definition) is 1. The van der Waals surface area contributed by atoms with Gasteiger partial charge in [0, 0.05) is 31.0 Å². The molecular formula is C30H35N3O2. The van der Waals surface area contributed by atoms with Crippen molar-refractivity contribution in [3.8, 4) is 0 Å². The van der Waals surface area contributed by atoms with Crippen LogP contribution < -0.4 is 4.90 Å². The third-order valence-corrected chi connectivity index (χ3v) is 7.65. The first kappa shape index (κ1) is 23.7. The van der Waals surface area contributed by atoms with Crippen LogP contribution in [0.15, 0.2) is 91.0 Å². The Balaban J connectivity index is 1.31. The molecule has 0 radical (unpaired) electrons. The van der Waals surface area contributed by atoms with Crippen molar-refractivity contribution in [2.45, 2.75) is 37.3 Å². The molecule has 1 amide bonds. The number of aliphatic hydroxyl groups excluding tert-OH is 1. The monoisotopic (exact) mass is 469 g/mol. The summed E-state index contributed by atoms with van der Waals surface area (Å²) >= 11 is 0. The van der Waals surface area contributed by atoms with Gasteiger partial charge < -0.3 is 5.11 Å². The summed E-state index contributed by atoms with van der Waals surface area (Å²) in [5.41, 5.74) is 2.81. The fraction of sp³-hybridized carbons (Fsp3) is 0.367. The molecule has 3 aromatic rings. The Morgan fingerprint density at radius 3 is 2.11 bits per heavy atom. The van der Waals surface area contributed by atoms with Crippen molar-refractivity contribution in [3.05, 3.63) is 96.6 Å². The van der Waals surface area contributed by atoms with E-state index in [2.05, 4.69) is 40.1 Å². The zero-order chi connectivity index (χ0) is 24.1. The minimum absolute atomic E-state index is 0.0581. The minimum atomic E-state index is -0.355. The first-order chi connectivity index (χ1) is 17.2. The van der Waals surface area contributed by atoms with Crippen LogP contribution in [0, 0.1) is 0 Å². The Bertz CT molecular complexity index is 1050. The van der Waals surface area contributed by atoms with Gasteiger partial charge in [-0.1, -0.05) is 66.7 Å². The van der Waals surface area contributed by atoms with Gasteiger partial charge in [-0.2, -0.15) is 0 Å². The van der Waals surface area contributed by atoms with Gasteiger partial charge in [0.05, 0.1) is 18.2 Å². The number of nitrogens with zero attached hydrogens (tertiary/aromatic N) is 3. The van der Waals surface area contributed by atoms with Crippen LogP contribution in [0.3, 0.4) is 0 Å². The number of amides is 1. The highest BCUT2D eigenvalue weighted by Crippen LogP contribution is 2.38. The molecule has 2 heterocycles. The lowest BCUT2D eigenvalue weighted by Gasteiger charge is -2.49. The number of benzene rings is 3. The Labute approximate surface area is 208 Å². The lowest BCUT2D eigenvalue weighted by atomic mass is 9.83. The van der Waals surface area contributed by atoms with Gasteiger partial charge in [0.1, 0.15) is 0 Å². The van der Waals surface area contributed by atoms with Gasteiger partial charge in [-0.15, -0.1) is 0 Å². The van der Waals surface area contributed by atoms with Crippen molar-refractivity contribution in [1.82, 2.24) is 9.80 Å². The van der Waals surface area contributed by atoms with E-state index in [4.69, 9.17) is 0 Å². The van der Waals surface area contributed by atoms with Crippen molar-refractivity contribution in [3.63, 3.8) is 0 Å². The summed E-state index contributed by atoms with van der Waals surface area (Å²) in [6.07, 6.45) is 3.39. The van der Waals surface area contributed by atoms with Crippen LogP contribution in [0.1, 0.15) is 24.8 Å². The number of rotatable bonds is 7. The highest BCUT2D eigenvalue weighted by molar-refractivity contribution is 6.01. The summed E-state index contributed by atoms with van der Waals surface area (Å²) in [5, 5.41) is 11.2. The fourth-order valence-corrected chi connectivity index (χ4v) is 5.89. The van der Waals surface area contributed by atoms with Gasteiger partial charge in [-0.05, 0) is 62.1 Å². The molecule has 5 nitrogen and oxygen atoms in total. The highest BCUT2D eigenvalue weighted by Gasteiger charge is 2.49. The van der Waals surface area contributed by atoms with E-state index in [1.54, 1.807) is 0 Å². The van der Waals surface area contributed by atoms with E-state index in [9.17, 15) is 9.90 Å². The fourth-order valence-electron chi connectivity index (χ4n) is 5.89. The molecule has 2 fully saturated rings. The summed E-state index contributed by atoms with van der Waals surface area (Å²) in [4.78, 5) is 20.3. The van der Waals surface area contributed by atoms with E-state index in [0.29, 0.717) is 13.0 Å². The van der Waals surface area contributed by atoms with Gasteiger partial charge in [0.2, 0.25) is 5.91 Å². The zero-order valence-corrected chi connectivity index (χ0v) is 20.3. The summed E-state index contributed by atoms with van der Waals surface area (Å²) in [7, 11) is 0. The summed E-state index contributed by atoms with van der Waals surface area (Å²) in [6.45, 7) is 3.74. The predicted octanol–water partition coefficient (Wildman–Crippen LogP) is 4.50. The van der Waals surface area contributed by atoms with Gasteiger partial charge in [-0.3, -0.25) is 19.5 Å². The first-order valence-electron chi connectivity index (χ1n) is 12.8. The molecule has 5 rings (SSSR count). The van der Waals surface area contributed by atoms with Crippen LogP contribution in [-0.2, 0) is 11.2 Å². The maximum absolute atomic E-state index is 13.7. The van der Waals surface area contributed by atoms with Crippen LogP contribution in [0.25, 0.3) is 0 Å². The van der Waals surface area contributed by atoms with E-state index in [1.165, 1.54) is 5.56 Å². The lowest BCUT2D eigenvalue weighted by molar-refractivity contribution is -0.122. The summed E-state index contributed by atoms with van der Waals surface area (Å²) < 4.78 is 0. The van der Waals surface area contributed by atoms with E-state index < -0.39 is 0 Å². The number of carbonyl (C=O) groups is 1. The Morgan fingerprint density at radius 2 is 1.49 bits per heavy atom. The minimum Gasteiger partial charge on any atom is -0.391 e. The molecule has 0 aromatic heterocycles. The van der Waals surface area contributed by atoms with Crippen molar-refractivity contribution < 1.29 is 9.90 Å². The van der Waals surface area contributed by atoms with Crippen molar-refractivity contribution in [2.75, 3.05) is 37.6 Å². The molecule has 35 heavy (non-hydrogen) atoms. The van der Waals surface area contributed by atoms with Gasteiger partial charge in [0.25, 0.3) is 0 Å². The average molecular weight is 470 g/mol. The molecule has 0 saturated carbocycles. The number of piperidine rings is 1. The Hall–Kier alpha value is -2.99. The SMILES string of the molecule is O=C(CN1CC[C@@H](O)[C@@]2(CCCN2CCc2ccccc2)C1)N(c1ccccc1)c1ccccc1. The molecule has 0 aliphatic carbocycles. The largest absolute Gasteiger partial charge is 0.391 e. The molecule has 2 aliphatic heterocycles. The van der Waals surface area contributed by atoms with Gasteiger partial charge in [0.15, 0.2) is 0 Å². The number of carbonyl (C=O) groups excluding carboxylic acids is 1. The van der Waals surface area contributed by atoms with Crippen LogP contribution in [0.2, 0.25) is 0 Å². The molecule has 5 heteroatoms. The Kier molecular flexibility index (Phi) is 7.28. The second kappa shape index (κ2) is 10.7. The maximum Gasteiger partial charge on any atom is 0.245 e. The number of anilines is 2. The van der Waals surface area contributed by atoms with Crippen molar-refractivity contribution in [1.29, 1.82) is 0 Å². The predicted molar refractivity (Wildman–Crippen MR) is 141 cm³/mol. The standard InChI is InChI=1S/C30H35N3O2/c34-28-18-21-31(24-30(28)19-10-20-32(30)22-17-25-11-4-1-5-12-25)23-29(35)33(26-13-6-2-7-14-26)27-15-8-3-9-16-27/h1-9,11-16,28,34H,10,17-24H2/t28-,30-/m1/s1. The molecule has 1 spiro atoms. The normalized spacial score (nSPS) is 22.9. The molecule has 0 unspecified atom stereocenters. The number of hydrogen-bond acceptors (Lipinski definition) is 4. The van der Waals surface area contributed by atoms with Gasteiger partial charge >= 0.3 is 0 Å². The molecule has 1 N–H and O–H groups in total. The van der Waals surface area contributed by atoms with Crippen molar-refractivity contribution >= 4 is 17.3 Å². The smallest absolute Gasteiger partial charge is 0.245 e. The molecule has 2 atom stereocenters. The second-order valence-electron chi connectivity index (χ2n) is 9.85. The lowest BCUT2D eigenvalue weighted by Crippen LogP contribution is -2.64. The van der Waals surface area contributed by atoms with Crippen LogP contribution >= 0.6 is 0 Å². The number of aliphatic hydroxyl groups is 1. The van der Waals surface area contributed by atoms with Crippen LogP contribution in [-0.4, -0.2) is 65.2 Å². The topological polar surface area (TPSA) is 47.0 Å². The average Bonchev–Trinajstić information content (AvgIpc) is 3.30. The van der Waals surface area contributed by atoms with Crippen molar-refractivity contribution in [2.24, 2.45) is 0 Å². The molecule has 0 bridgehead atoms. The third kappa shape index (κ3) is 5.18. The molecule has 182 valence electrons. The highest BCUT2D eigenvalue weighted by atomic mass is 16.3. The van der Waals surface area contributed by atoms with E-state index in [0.717, 1.165) is 56.8 Å². The Morgan fingerprint density at radius 1 is 0.886 bits per heavy atom. The third-order valence-electron chi connectivity index (χ3n) is 7.65. The first-order valence-corrected chi connectivity index (χ1v) is 12.8. The molecule has 2 aliphatic rings. The van der Waals surface area contributed by atoms with Crippen LogP contribution in [0.4, 0.5) is 11.4 Å². The van der Waals surface area contributed by atoms with E-state index >= 15 is 0 Å². The molecular weight excluding hydrogens is 434 g/mol. The maximum atomic E-state index is 13.7. The summed E-state index contributed by atoms with van der Waals surface area (Å²) in [5.74, 6) is 0.0581. The number of para-hydroxylation sites is 2. The molecule has 2 saturated heterocycles. The van der Waals surface area contributed by atoms with E-state index in [-0.39, 0.29) is 17.6 Å².